The molecule has 2 heterocycles. The predicted molar refractivity (Wildman–Crippen MR) is 79.2 cm³/mol. The number of hydrogen-bond donors (Lipinski definition) is 2. The van der Waals surface area contributed by atoms with E-state index in [9.17, 15) is 4.79 Å². The van der Waals surface area contributed by atoms with E-state index in [2.05, 4.69) is 10.1 Å². The zero-order valence-electron chi connectivity index (χ0n) is 11.9. The summed E-state index contributed by atoms with van der Waals surface area (Å²) >= 11 is 0. The average Bonchev–Trinajstić information content (AvgIpc) is 2.96. The van der Waals surface area contributed by atoms with E-state index in [0.29, 0.717) is 6.42 Å². The highest BCUT2D eigenvalue weighted by molar-refractivity contribution is 5.91. The fourth-order valence-electron chi connectivity index (χ4n) is 2.74. The van der Waals surface area contributed by atoms with Crippen LogP contribution in [-0.4, -0.2) is 21.2 Å². The summed E-state index contributed by atoms with van der Waals surface area (Å²) in [6, 6.07) is 7.90. The molecule has 5 nitrogen and oxygen atoms in total. The van der Waals surface area contributed by atoms with E-state index >= 15 is 0 Å². The molecule has 3 rings (SSSR count). The summed E-state index contributed by atoms with van der Waals surface area (Å²) in [5.41, 5.74) is 4.63. The molecule has 0 amide bonds. The van der Waals surface area contributed by atoms with Crippen LogP contribution in [0.2, 0.25) is 0 Å². The van der Waals surface area contributed by atoms with Gasteiger partial charge in [0, 0.05) is 17.3 Å². The van der Waals surface area contributed by atoms with Crippen LogP contribution in [0.25, 0.3) is 22.2 Å². The summed E-state index contributed by atoms with van der Waals surface area (Å²) in [6.45, 7) is 3.75. The summed E-state index contributed by atoms with van der Waals surface area (Å²) < 4.78 is 5.24. The topological polar surface area (TPSA) is 79.1 Å². The molecule has 2 N–H and O–H groups in total. The lowest BCUT2D eigenvalue weighted by Gasteiger charge is -2.03. The van der Waals surface area contributed by atoms with Gasteiger partial charge in [0.25, 0.3) is 0 Å². The molecule has 0 aliphatic carbocycles. The Labute approximate surface area is 121 Å². The lowest BCUT2D eigenvalue weighted by molar-refractivity contribution is -0.136. The Morgan fingerprint density at radius 2 is 2.10 bits per heavy atom. The number of carboxylic acid groups (broad SMARTS) is 1. The molecule has 0 bridgehead atoms. The van der Waals surface area contributed by atoms with E-state index in [1.54, 1.807) is 0 Å². The number of fused-ring (bicyclic) bond motifs is 1. The minimum atomic E-state index is -0.801. The highest BCUT2D eigenvalue weighted by atomic mass is 16.5. The zero-order chi connectivity index (χ0) is 15.0. The minimum Gasteiger partial charge on any atom is -0.481 e. The summed E-state index contributed by atoms with van der Waals surface area (Å²) in [4.78, 5) is 14.3. The molecule has 0 unspecified atom stereocenters. The first kappa shape index (κ1) is 13.4. The minimum absolute atomic E-state index is 0.0955. The second-order valence-electron chi connectivity index (χ2n) is 5.12. The number of rotatable bonds is 4. The van der Waals surface area contributed by atoms with Gasteiger partial charge in [0.2, 0.25) is 0 Å². The highest BCUT2D eigenvalue weighted by Crippen LogP contribution is 2.34. The van der Waals surface area contributed by atoms with Gasteiger partial charge in [-0.25, -0.2) is 0 Å². The van der Waals surface area contributed by atoms with Crippen LogP contribution < -0.4 is 0 Å². The van der Waals surface area contributed by atoms with Gasteiger partial charge in [-0.05, 0) is 31.9 Å². The third kappa shape index (κ3) is 2.31. The number of carbonyl (C=O) groups is 1. The van der Waals surface area contributed by atoms with E-state index in [4.69, 9.17) is 9.63 Å². The van der Waals surface area contributed by atoms with Crippen molar-refractivity contribution in [2.24, 2.45) is 0 Å². The van der Waals surface area contributed by atoms with Gasteiger partial charge in [-0.15, -0.1) is 0 Å². The van der Waals surface area contributed by atoms with Crippen LogP contribution in [-0.2, 0) is 11.2 Å². The first-order chi connectivity index (χ1) is 10.1. The molecule has 2 aromatic heterocycles. The number of aromatic amines is 1. The van der Waals surface area contributed by atoms with Crippen molar-refractivity contribution in [3.63, 3.8) is 0 Å². The molecule has 0 atom stereocenters. The second kappa shape index (κ2) is 5.09. The van der Waals surface area contributed by atoms with Crippen molar-refractivity contribution in [3.05, 3.63) is 41.3 Å². The van der Waals surface area contributed by atoms with Crippen molar-refractivity contribution in [3.8, 4) is 11.3 Å². The molecule has 3 aromatic rings. The number of nitrogens with one attached hydrogen (secondary N) is 1. The standard InChI is InChI=1S/C16H16N2O3/c1-9-15(10(2)21-18-9)16-12(7-8-14(19)20)11-5-3-4-6-13(11)17-16/h3-6,17H,7-8H2,1-2H3,(H,19,20). The summed E-state index contributed by atoms with van der Waals surface area (Å²) in [6.07, 6.45) is 0.566. The first-order valence-electron chi connectivity index (χ1n) is 6.82. The second-order valence-corrected chi connectivity index (χ2v) is 5.12. The molecule has 0 spiro atoms. The summed E-state index contributed by atoms with van der Waals surface area (Å²) in [7, 11) is 0. The number of carboxylic acids is 1. The molecule has 108 valence electrons. The van der Waals surface area contributed by atoms with Gasteiger partial charge in [-0.2, -0.15) is 0 Å². The maximum atomic E-state index is 10.9. The molecule has 0 saturated carbocycles. The number of hydrogen-bond acceptors (Lipinski definition) is 3. The van der Waals surface area contributed by atoms with Crippen molar-refractivity contribution in [1.82, 2.24) is 10.1 Å². The Bertz CT molecular complexity index is 795. The quantitative estimate of drug-likeness (QED) is 0.769. The van der Waals surface area contributed by atoms with Crippen LogP contribution in [0.1, 0.15) is 23.4 Å². The summed E-state index contributed by atoms with van der Waals surface area (Å²) in [5, 5.41) is 14.0. The van der Waals surface area contributed by atoms with Crippen LogP contribution in [0.4, 0.5) is 0 Å². The molecular formula is C16H16N2O3. The molecule has 21 heavy (non-hydrogen) atoms. The largest absolute Gasteiger partial charge is 0.481 e. The Kier molecular flexibility index (Phi) is 3.25. The number of aryl methyl sites for hydroxylation is 3. The van der Waals surface area contributed by atoms with Gasteiger partial charge < -0.3 is 14.6 Å². The monoisotopic (exact) mass is 284 g/mol. The molecule has 5 heteroatoms. The highest BCUT2D eigenvalue weighted by Gasteiger charge is 2.19. The van der Waals surface area contributed by atoms with E-state index in [1.165, 1.54) is 0 Å². The van der Waals surface area contributed by atoms with Crippen LogP contribution >= 0.6 is 0 Å². The summed E-state index contributed by atoms with van der Waals surface area (Å²) in [5.74, 6) is -0.0689. The number of H-pyrrole nitrogens is 1. The Morgan fingerprint density at radius 1 is 1.33 bits per heavy atom. The molecule has 1 aromatic carbocycles. The van der Waals surface area contributed by atoms with Gasteiger partial charge >= 0.3 is 5.97 Å². The van der Waals surface area contributed by atoms with Gasteiger partial charge in [0.1, 0.15) is 5.76 Å². The number of aromatic nitrogens is 2. The van der Waals surface area contributed by atoms with Crippen LogP contribution in [0.5, 0.6) is 0 Å². The number of benzene rings is 1. The van der Waals surface area contributed by atoms with E-state index < -0.39 is 5.97 Å². The molecule has 0 aliphatic heterocycles. The SMILES string of the molecule is Cc1noc(C)c1-c1[nH]c2ccccc2c1CCC(=O)O. The smallest absolute Gasteiger partial charge is 0.303 e. The van der Waals surface area contributed by atoms with E-state index in [1.807, 2.05) is 38.1 Å². The fourth-order valence-corrected chi connectivity index (χ4v) is 2.74. The maximum Gasteiger partial charge on any atom is 0.303 e. The lowest BCUT2D eigenvalue weighted by atomic mass is 10.0. The number of nitrogens with zero attached hydrogens (tertiary/aromatic N) is 1. The van der Waals surface area contributed by atoms with E-state index in [0.717, 1.165) is 39.2 Å². The van der Waals surface area contributed by atoms with Crippen LogP contribution in [0, 0.1) is 13.8 Å². The Morgan fingerprint density at radius 3 is 2.76 bits per heavy atom. The van der Waals surface area contributed by atoms with Crippen LogP contribution in [0.15, 0.2) is 28.8 Å². The maximum absolute atomic E-state index is 10.9. The third-order valence-corrected chi connectivity index (χ3v) is 3.69. The predicted octanol–water partition coefficient (Wildman–Crippen LogP) is 3.46. The van der Waals surface area contributed by atoms with Gasteiger partial charge in [-0.3, -0.25) is 4.79 Å². The zero-order valence-corrected chi connectivity index (χ0v) is 11.9. The average molecular weight is 284 g/mol. The lowest BCUT2D eigenvalue weighted by Crippen LogP contribution is -1.98. The van der Waals surface area contributed by atoms with Gasteiger partial charge in [0.05, 0.1) is 17.0 Å². The van der Waals surface area contributed by atoms with Crippen molar-refractivity contribution in [2.45, 2.75) is 26.7 Å². The van der Waals surface area contributed by atoms with Crippen molar-refractivity contribution in [2.75, 3.05) is 0 Å². The third-order valence-electron chi connectivity index (χ3n) is 3.69. The Hall–Kier alpha value is -2.56. The van der Waals surface area contributed by atoms with Crippen LogP contribution in [0.3, 0.4) is 0 Å². The van der Waals surface area contributed by atoms with Crippen molar-refractivity contribution >= 4 is 16.9 Å². The molecule has 0 saturated heterocycles. The van der Waals surface area contributed by atoms with E-state index in [-0.39, 0.29) is 6.42 Å². The van der Waals surface area contributed by atoms with Gasteiger partial charge in [-0.1, -0.05) is 23.4 Å². The normalized spacial score (nSPS) is 11.1. The Balaban J connectivity index is 2.21. The molecular weight excluding hydrogens is 268 g/mol. The number of para-hydroxylation sites is 1. The van der Waals surface area contributed by atoms with Gasteiger partial charge in [0.15, 0.2) is 0 Å². The first-order valence-corrected chi connectivity index (χ1v) is 6.82. The van der Waals surface area contributed by atoms with Crippen molar-refractivity contribution in [1.29, 1.82) is 0 Å². The molecule has 0 aliphatic rings. The van der Waals surface area contributed by atoms with Crippen molar-refractivity contribution < 1.29 is 14.4 Å². The fraction of sp³-hybridized carbons (Fsp3) is 0.250. The molecule has 0 fully saturated rings. The number of aliphatic carboxylic acids is 1. The molecule has 0 radical (unpaired) electrons.